The van der Waals surface area contributed by atoms with Crippen LogP contribution in [0.4, 0.5) is 25.1 Å². The number of anilines is 2. The average Bonchev–Trinajstić information content (AvgIpc) is 3.99. The molecule has 0 saturated carbocycles. The van der Waals surface area contributed by atoms with E-state index in [1.165, 1.54) is 34.9 Å². The van der Waals surface area contributed by atoms with Crippen LogP contribution in [0.15, 0.2) is 91.5 Å². The smallest absolute Gasteiger partial charge is 0.354 e. The highest BCUT2D eigenvalue weighted by atomic mass is 32.1. The molecule has 8 rings (SSSR count). The molecule has 0 aliphatic rings. The van der Waals surface area contributed by atoms with Gasteiger partial charge in [0.05, 0.1) is 56.1 Å². The molecule has 0 aliphatic carbocycles. The Labute approximate surface area is 323 Å². The second-order valence-corrected chi connectivity index (χ2v) is 13.8. The lowest BCUT2D eigenvalue weighted by molar-refractivity contribution is -0.137. The van der Waals surface area contributed by atoms with Gasteiger partial charge >= 0.3 is 6.18 Å². The number of para-hydroxylation sites is 1. The van der Waals surface area contributed by atoms with Gasteiger partial charge in [-0.2, -0.15) is 28.9 Å². The summed E-state index contributed by atoms with van der Waals surface area (Å²) in [6.45, 7) is 0.909. The summed E-state index contributed by atoms with van der Waals surface area (Å²) in [5, 5.41) is 40.1. The predicted octanol–water partition coefficient (Wildman–Crippen LogP) is 6.68. The van der Waals surface area contributed by atoms with E-state index in [9.17, 15) is 23.7 Å². The van der Waals surface area contributed by atoms with Crippen molar-refractivity contribution >= 4 is 55.0 Å². The molecule has 0 spiro atoms. The van der Waals surface area contributed by atoms with Gasteiger partial charge in [-0.3, -0.25) is 4.98 Å². The third-order valence-electron chi connectivity index (χ3n) is 7.95. The minimum Gasteiger partial charge on any atom is -0.354 e. The number of hydrogen-bond acceptors (Lipinski definition) is 16. The van der Waals surface area contributed by atoms with Crippen LogP contribution >= 0.6 is 22.7 Å². The first-order chi connectivity index (χ1) is 27.3. The normalized spacial score (nSPS) is 12.2. The van der Waals surface area contributed by atoms with Gasteiger partial charge in [-0.25, -0.2) is 29.9 Å². The van der Waals surface area contributed by atoms with Crippen LogP contribution in [0.5, 0.6) is 0 Å². The summed E-state index contributed by atoms with van der Waals surface area (Å²) in [5.41, 5.74) is 2.40. The lowest BCUT2D eigenvalue weighted by Crippen LogP contribution is -2.10. The van der Waals surface area contributed by atoms with Crippen molar-refractivity contribution < 1.29 is 13.2 Å². The van der Waals surface area contributed by atoms with Gasteiger partial charge in [0, 0.05) is 31.3 Å². The number of nitrogens with one attached hydrogen (secondary N) is 3. The zero-order valence-electron chi connectivity index (χ0n) is 28.8. The molecule has 2 aromatic carbocycles. The molecule has 278 valence electrons. The first-order valence-corrected chi connectivity index (χ1v) is 18.3. The first-order valence-electron chi connectivity index (χ1n) is 16.6. The van der Waals surface area contributed by atoms with E-state index >= 15 is 0 Å². The number of alkyl halides is 3. The van der Waals surface area contributed by atoms with E-state index in [1.807, 2.05) is 36.4 Å². The fraction of sp³-hybridized carbons (Fsp3) is 0.167. The highest BCUT2D eigenvalue weighted by molar-refractivity contribution is 7.19. The quantitative estimate of drug-likeness (QED) is 0.125. The molecule has 2 unspecified atom stereocenters. The number of thiazole rings is 2. The molecule has 0 saturated heterocycles. The second kappa shape index (κ2) is 17.0. The molecule has 0 radical (unpaired) electrons. The van der Waals surface area contributed by atoms with Crippen LogP contribution in [0.2, 0.25) is 0 Å². The van der Waals surface area contributed by atoms with Gasteiger partial charge in [0.25, 0.3) is 0 Å². The highest BCUT2D eigenvalue weighted by Gasteiger charge is 2.31. The maximum Gasteiger partial charge on any atom is 0.416 e. The number of pyridine rings is 1. The van der Waals surface area contributed by atoms with E-state index in [0.29, 0.717) is 56.9 Å². The number of nitriles is 2. The molecule has 0 amide bonds. The van der Waals surface area contributed by atoms with Crippen LogP contribution in [0.3, 0.4) is 0 Å². The summed E-state index contributed by atoms with van der Waals surface area (Å²) in [6, 6.07) is 22.8. The van der Waals surface area contributed by atoms with Gasteiger partial charge in [-0.1, -0.05) is 23.4 Å². The van der Waals surface area contributed by atoms with Crippen LogP contribution in [0, 0.1) is 22.7 Å². The topological polar surface area (TPSA) is 216 Å². The first kappa shape index (κ1) is 37.3. The van der Waals surface area contributed by atoms with Gasteiger partial charge in [0.15, 0.2) is 5.82 Å². The standard InChI is InChI=1S/C21H15F3N6S.C15H11N9S/c22-21(23,24)14-3-4-18-17(10-14)29-19(31-18)15(11-25)16-6-9-28-20(30-16)27-8-5-13-2-1-7-26-12-13;16-7-9(14-19-11-3-1-2-4-12(11)25-14)10-5-6-17-15(20-10)18-8-13-21-23-24-22-13/h1-4,6-7,9-10,12,15H,5,8H2,(H,27,28,30);1-6,9H,8H2,(H,17,18,20)(H,21,22,23,24). The Kier molecular flexibility index (Phi) is 11.3. The van der Waals surface area contributed by atoms with E-state index < -0.39 is 23.6 Å². The molecular formula is C36H26F3N15S2. The molecule has 8 aromatic rings. The van der Waals surface area contributed by atoms with Crippen LogP contribution in [0.25, 0.3) is 20.4 Å². The lowest BCUT2D eigenvalue weighted by atomic mass is 10.1. The Morgan fingerprint density at radius 1 is 0.750 bits per heavy atom. The number of tetrazole rings is 1. The summed E-state index contributed by atoms with van der Waals surface area (Å²) in [6.07, 6.45) is 2.91. The zero-order valence-corrected chi connectivity index (χ0v) is 30.4. The molecule has 0 aliphatic heterocycles. The number of fused-ring (bicyclic) bond motifs is 2. The van der Waals surface area contributed by atoms with Crippen molar-refractivity contribution in [1.82, 2.24) is 55.5 Å². The molecule has 56 heavy (non-hydrogen) atoms. The molecule has 20 heteroatoms. The van der Waals surface area contributed by atoms with Gasteiger partial charge in [-0.15, -0.1) is 32.9 Å². The number of rotatable bonds is 11. The summed E-state index contributed by atoms with van der Waals surface area (Å²) < 4.78 is 40.5. The molecule has 0 bridgehead atoms. The minimum absolute atomic E-state index is 0.207. The SMILES string of the molecule is N#CC(c1ccnc(NCCc2cccnc2)n1)c1nc2cc(C(F)(F)F)ccc2s1.N#CC(c1ccnc(NCc2nn[nH]n2)n1)c1nc2ccccc2s1. The average molecular weight is 790 g/mol. The maximum atomic E-state index is 13.0. The van der Waals surface area contributed by atoms with E-state index in [-0.39, 0.29) is 5.52 Å². The Bertz CT molecular complexity index is 2600. The van der Waals surface area contributed by atoms with Crippen molar-refractivity contribution in [1.29, 1.82) is 10.5 Å². The predicted molar refractivity (Wildman–Crippen MR) is 201 cm³/mol. The fourth-order valence-corrected chi connectivity index (χ4v) is 7.30. The molecule has 6 heterocycles. The summed E-state index contributed by atoms with van der Waals surface area (Å²) in [5.74, 6) is -0.109. The van der Waals surface area contributed by atoms with Gasteiger partial charge in [0.2, 0.25) is 11.9 Å². The number of H-pyrrole nitrogens is 1. The van der Waals surface area contributed by atoms with Crippen LogP contribution < -0.4 is 10.6 Å². The molecule has 15 nitrogen and oxygen atoms in total. The van der Waals surface area contributed by atoms with Crippen molar-refractivity contribution in [2.75, 3.05) is 17.2 Å². The van der Waals surface area contributed by atoms with Crippen LogP contribution in [0.1, 0.15) is 50.2 Å². The summed E-state index contributed by atoms with van der Waals surface area (Å²) >= 11 is 2.67. The number of aromatic nitrogens is 11. The van der Waals surface area contributed by atoms with Crippen LogP contribution in [-0.2, 0) is 19.1 Å². The van der Waals surface area contributed by atoms with E-state index in [0.717, 1.165) is 34.3 Å². The Morgan fingerprint density at radius 2 is 1.43 bits per heavy atom. The van der Waals surface area contributed by atoms with Gasteiger partial charge in [0.1, 0.15) is 21.9 Å². The largest absolute Gasteiger partial charge is 0.416 e. The third-order valence-corrected chi connectivity index (χ3v) is 10.2. The van der Waals surface area contributed by atoms with Crippen molar-refractivity contribution in [3.8, 4) is 12.1 Å². The maximum absolute atomic E-state index is 13.0. The van der Waals surface area contributed by atoms with Crippen molar-refractivity contribution in [2.24, 2.45) is 0 Å². The van der Waals surface area contributed by atoms with Gasteiger partial charge < -0.3 is 10.6 Å². The van der Waals surface area contributed by atoms with Crippen LogP contribution in [-0.4, -0.2) is 62.1 Å². The molecule has 2 atom stereocenters. The van der Waals surface area contributed by atoms with Crippen molar-refractivity contribution in [2.45, 2.75) is 31.0 Å². The summed E-state index contributed by atoms with van der Waals surface area (Å²) in [4.78, 5) is 30.1. The van der Waals surface area contributed by atoms with E-state index in [1.54, 1.807) is 30.7 Å². The second-order valence-electron chi connectivity index (χ2n) is 11.7. The Balaban J connectivity index is 0.000000175. The lowest BCUT2D eigenvalue weighted by Gasteiger charge is -2.08. The molecule has 3 N–H and O–H groups in total. The number of hydrogen-bond donors (Lipinski definition) is 3. The number of halogens is 3. The van der Waals surface area contributed by atoms with Crippen molar-refractivity contribution in [3.63, 3.8) is 0 Å². The molecular weight excluding hydrogens is 764 g/mol. The monoisotopic (exact) mass is 789 g/mol. The minimum atomic E-state index is -4.45. The Morgan fingerprint density at radius 3 is 2.05 bits per heavy atom. The van der Waals surface area contributed by atoms with E-state index in [2.05, 4.69) is 78.3 Å². The van der Waals surface area contributed by atoms with Gasteiger partial charge in [-0.05, 0) is 60.5 Å². The van der Waals surface area contributed by atoms with Crippen molar-refractivity contribution in [3.05, 3.63) is 130 Å². The third kappa shape index (κ3) is 9.01. The molecule has 6 aromatic heterocycles. The van der Waals surface area contributed by atoms with E-state index in [4.69, 9.17) is 0 Å². The zero-order chi connectivity index (χ0) is 38.9. The Hall–Kier alpha value is -7.03. The number of benzene rings is 2. The number of nitrogens with zero attached hydrogens (tertiary/aromatic N) is 12. The summed E-state index contributed by atoms with van der Waals surface area (Å²) in [7, 11) is 0. The highest BCUT2D eigenvalue weighted by Crippen LogP contribution is 2.36. The molecule has 0 fully saturated rings. The fourth-order valence-electron chi connectivity index (χ4n) is 5.27. The number of aromatic amines is 1.